The Kier molecular flexibility index (Phi) is 7.79. The van der Waals surface area contributed by atoms with Gasteiger partial charge in [0.25, 0.3) is 5.91 Å². The topological polar surface area (TPSA) is 71.1 Å². The van der Waals surface area contributed by atoms with Crippen LogP contribution in [0.1, 0.15) is 26.7 Å². The Labute approximate surface area is 227 Å². The summed E-state index contributed by atoms with van der Waals surface area (Å²) in [5, 5.41) is 9.97. The molecule has 0 aliphatic carbocycles. The number of nitrogens with one attached hydrogen (secondary N) is 2. The number of thiophene rings is 1. The number of thioether (sulfide) groups is 1. The molecule has 0 aliphatic heterocycles. The van der Waals surface area contributed by atoms with Crippen LogP contribution in [0.5, 0.6) is 0 Å². The fourth-order valence-electron chi connectivity index (χ4n) is 3.63. The fourth-order valence-corrected chi connectivity index (χ4v) is 6.19. The van der Waals surface area contributed by atoms with Gasteiger partial charge in [-0.25, -0.2) is 4.98 Å². The largest absolute Gasteiger partial charge is 0.322 e. The van der Waals surface area contributed by atoms with Crippen molar-refractivity contribution >= 4 is 57.1 Å². The van der Waals surface area contributed by atoms with Crippen LogP contribution in [-0.4, -0.2) is 16.8 Å². The van der Waals surface area contributed by atoms with Crippen LogP contribution in [0.3, 0.4) is 0 Å². The molecule has 2 N–H and O–H groups in total. The van der Waals surface area contributed by atoms with E-state index in [1.54, 1.807) is 11.3 Å². The first-order chi connectivity index (χ1) is 18.0. The predicted octanol–water partition coefficient (Wildman–Crippen LogP) is 7.90. The van der Waals surface area contributed by atoms with Gasteiger partial charge < -0.3 is 10.6 Å². The number of thiazole rings is 1. The average molecular weight is 542 g/mol. The minimum Gasteiger partial charge on any atom is -0.322 e. The smallest absolute Gasteiger partial charge is 0.255 e. The van der Waals surface area contributed by atoms with E-state index in [-0.39, 0.29) is 11.8 Å². The summed E-state index contributed by atoms with van der Waals surface area (Å²) in [5.41, 5.74) is 4.10. The molecule has 5 nitrogen and oxygen atoms in total. The van der Waals surface area contributed by atoms with Crippen LogP contribution in [-0.2, 0) is 4.79 Å². The van der Waals surface area contributed by atoms with Gasteiger partial charge in [0, 0.05) is 21.5 Å². The maximum absolute atomic E-state index is 13.5. The fraction of sp³-hybridized carbons (Fsp3) is 0.0690. The number of benzene rings is 3. The van der Waals surface area contributed by atoms with Crippen LogP contribution in [0.15, 0.2) is 107 Å². The summed E-state index contributed by atoms with van der Waals surface area (Å²) >= 11 is 4.45. The SMILES string of the molecule is Cc1ccc(C(=O)Nc2cccc(SC(C(=O)Nc3nc(-c4cccs4)cs3)c3ccccc3)c2)cc1. The molecule has 1 atom stereocenters. The van der Waals surface area contributed by atoms with Crippen molar-refractivity contribution in [2.75, 3.05) is 10.6 Å². The third-order valence-electron chi connectivity index (χ3n) is 5.51. The number of anilines is 2. The molecular weight excluding hydrogens is 519 g/mol. The standard InChI is InChI=1S/C29H23N3O2S3/c1-19-12-14-21(15-13-19)27(33)30-22-9-5-10-23(17-22)37-26(20-7-3-2-4-8-20)28(34)32-29-31-24(18-36-29)25-11-6-16-35-25/h2-18,26H,1H3,(H,30,33)(H,31,32,34). The van der Waals surface area contributed by atoms with Gasteiger partial charge in [-0.05, 0) is 54.3 Å². The summed E-state index contributed by atoms with van der Waals surface area (Å²) in [5.74, 6) is -0.331. The van der Waals surface area contributed by atoms with Gasteiger partial charge in [-0.1, -0.05) is 60.2 Å². The highest BCUT2D eigenvalue weighted by Gasteiger charge is 2.23. The molecule has 8 heteroatoms. The zero-order chi connectivity index (χ0) is 25.6. The zero-order valence-electron chi connectivity index (χ0n) is 19.9. The first-order valence-electron chi connectivity index (χ1n) is 11.5. The number of aryl methyl sites for hydroxylation is 1. The van der Waals surface area contributed by atoms with Crippen LogP contribution >= 0.6 is 34.4 Å². The molecule has 3 aromatic carbocycles. The molecule has 0 saturated heterocycles. The van der Waals surface area contributed by atoms with E-state index < -0.39 is 5.25 Å². The van der Waals surface area contributed by atoms with Gasteiger partial charge in [-0.3, -0.25) is 9.59 Å². The highest BCUT2D eigenvalue weighted by Crippen LogP contribution is 2.38. The van der Waals surface area contributed by atoms with Gasteiger partial charge in [0.05, 0.1) is 10.6 Å². The van der Waals surface area contributed by atoms with Gasteiger partial charge in [0.15, 0.2) is 5.13 Å². The predicted molar refractivity (Wildman–Crippen MR) is 155 cm³/mol. The van der Waals surface area contributed by atoms with E-state index in [0.717, 1.165) is 26.6 Å². The molecule has 184 valence electrons. The Bertz CT molecular complexity index is 1500. The highest BCUT2D eigenvalue weighted by atomic mass is 32.2. The molecule has 1 unspecified atom stereocenters. The molecular formula is C29H23N3O2S3. The van der Waals surface area contributed by atoms with Crippen molar-refractivity contribution in [3.8, 4) is 10.6 Å². The molecule has 0 fully saturated rings. The maximum Gasteiger partial charge on any atom is 0.255 e. The van der Waals surface area contributed by atoms with Crippen molar-refractivity contribution in [2.24, 2.45) is 0 Å². The van der Waals surface area contributed by atoms with Crippen LogP contribution < -0.4 is 10.6 Å². The van der Waals surface area contributed by atoms with E-state index in [2.05, 4.69) is 15.6 Å². The van der Waals surface area contributed by atoms with E-state index in [1.165, 1.54) is 23.1 Å². The summed E-state index contributed by atoms with van der Waals surface area (Å²) in [6, 6.07) is 28.6. The first kappa shape index (κ1) is 25.0. The molecule has 5 aromatic rings. The first-order valence-corrected chi connectivity index (χ1v) is 14.2. The molecule has 37 heavy (non-hydrogen) atoms. The minimum atomic E-state index is -0.502. The van der Waals surface area contributed by atoms with Crippen LogP contribution in [0, 0.1) is 6.92 Å². The molecule has 2 amide bonds. The molecule has 2 aromatic heterocycles. The van der Waals surface area contributed by atoms with Crippen LogP contribution in [0.4, 0.5) is 10.8 Å². The Balaban J connectivity index is 1.33. The third-order valence-corrected chi connectivity index (χ3v) is 8.41. The van der Waals surface area contributed by atoms with Crippen molar-refractivity contribution < 1.29 is 9.59 Å². The van der Waals surface area contributed by atoms with E-state index in [0.29, 0.717) is 16.4 Å². The van der Waals surface area contributed by atoms with Gasteiger partial charge in [0.2, 0.25) is 5.91 Å². The summed E-state index contributed by atoms with van der Waals surface area (Å²) < 4.78 is 0. The number of carbonyl (C=O) groups excluding carboxylic acids is 2. The van der Waals surface area contributed by atoms with Crippen molar-refractivity contribution in [3.63, 3.8) is 0 Å². The Morgan fingerprint density at radius 3 is 2.43 bits per heavy atom. The molecule has 0 saturated carbocycles. The van der Waals surface area contributed by atoms with Gasteiger partial charge in [-0.15, -0.1) is 34.4 Å². The monoisotopic (exact) mass is 541 g/mol. The number of nitrogens with zero attached hydrogens (tertiary/aromatic N) is 1. The van der Waals surface area contributed by atoms with Crippen LogP contribution in [0.2, 0.25) is 0 Å². The number of amides is 2. The Hall–Kier alpha value is -3.72. The summed E-state index contributed by atoms with van der Waals surface area (Å²) in [6.07, 6.45) is 0. The lowest BCUT2D eigenvalue weighted by Crippen LogP contribution is -2.19. The number of rotatable bonds is 8. The van der Waals surface area contributed by atoms with E-state index in [9.17, 15) is 9.59 Å². The Morgan fingerprint density at radius 1 is 0.865 bits per heavy atom. The maximum atomic E-state index is 13.5. The second-order valence-corrected chi connectivity index (χ2v) is 11.2. The van der Waals surface area contributed by atoms with Crippen molar-refractivity contribution in [3.05, 3.63) is 118 Å². The lowest BCUT2D eigenvalue weighted by atomic mass is 10.1. The van der Waals surface area contributed by atoms with Gasteiger partial charge in [-0.2, -0.15) is 0 Å². The van der Waals surface area contributed by atoms with Crippen molar-refractivity contribution in [1.82, 2.24) is 4.98 Å². The molecule has 0 aliphatic rings. The number of hydrogen-bond donors (Lipinski definition) is 2. The third kappa shape index (κ3) is 6.35. The molecule has 0 spiro atoms. The second kappa shape index (κ2) is 11.6. The number of carbonyl (C=O) groups is 2. The van der Waals surface area contributed by atoms with Crippen molar-refractivity contribution in [2.45, 2.75) is 17.1 Å². The number of hydrogen-bond acceptors (Lipinski definition) is 6. The molecule has 5 rings (SSSR count). The molecule has 0 radical (unpaired) electrons. The Morgan fingerprint density at radius 2 is 1.68 bits per heavy atom. The highest BCUT2D eigenvalue weighted by molar-refractivity contribution is 8.00. The molecule has 2 heterocycles. The summed E-state index contributed by atoms with van der Waals surface area (Å²) in [4.78, 5) is 32.7. The average Bonchev–Trinajstić information content (AvgIpc) is 3.61. The van der Waals surface area contributed by atoms with Crippen LogP contribution in [0.25, 0.3) is 10.6 Å². The van der Waals surface area contributed by atoms with E-state index in [1.807, 2.05) is 109 Å². The lowest BCUT2D eigenvalue weighted by Gasteiger charge is -2.17. The minimum absolute atomic E-state index is 0.155. The lowest BCUT2D eigenvalue weighted by molar-refractivity contribution is -0.115. The summed E-state index contributed by atoms with van der Waals surface area (Å²) in [7, 11) is 0. The summed E-state index contributed by atoms with van der Waals surface area (Å²) in [6.45, 7) is 1.98. The quantitative estimate of drug-likeness (QED) is 0.196. The van der Waals surface area contributed by atoms with Crippen molar-refractivity contribution in [1.29, 1.82) is 0 Å². The zero-order valence-corrected chi connectivity index (χ0v) is 22.3. The van der Waals surface area contributed by atoms with E-state index >= 15 is 0 Å². The second-order valence-electron chi connectivity index (χ2n) is 8.26. The number of aromatic nitrogens is 1. The normalized spacial score (nSPS) is 11.6. The van der Waals surface area contributed by atoms with Gasteiger partial charge >= 0.3 is 0 Å². The van der Waals surface area contributed by atoms with Gasteiger partial charge in [0.1, 0.15) is 5.25 Å². The molecule has 0 bridgehead atoms. The van der Waals surface area contributed by atoms with E-state index in [4.69, 9.17) is 0 Å².